The molecule has 2 heterocycles. The van der Waals surface area contributed by atoms with E-state index < -0.39 is 0 Å². The zero-order valence-corrected chi connectivity index (χ0v) is 10.3. The number of hydrogen-bond donors (Lipinski definition) is 1. The first-order valence-corrected chi connectivity index (χ1v) is 6.29. The smallest absolute Gasteiger partial charge is 0.223 e. The van der Waals surface area contributed by atoms with Crippen LogP contribution >= 0.6 is 0 Å². The molecule has 0 saturated heterocycles. The lowest BCUT2D eigenvalue weighted by Crippen LogP contribution is -2.12. The molecular weight excluding hydrogens is 245 g/mol. The van der Waals surface area contributed by atoms with Gasteiger partial charge in [-0.05, 0) is 25.0 Å². The van der Waals surface area contributed by atoms with Gasteiger partial charge in [0.05, 0.1) is 12.6 Å². The lowest BCUT2D eigenvalue weighted by molar-refractivity contribution is 0.315. The maximum absolute atomic E-state index is 13.3. The van der Waals surface area contributed by atoms with Crippen molar-refractivity contribution in [3.63, 3.8) is 0 Å². The van der Waals surface area contributed by atoms with E-state index in [9.17, 15) is 4.39 Å². The van der Waals surface area contributed by atoms with Crippen LogP contribution in [0.4, 0.5) is 10.3 Å². The molecule has 1 aromatic heterocycles. The van der Waals surface area contributed by atoms with Crippen LogP contribution in [-0.4, -0.2) is 16.6 Å². The van der Waals surface area contributed by atoms with Crippen LogP contribution < -0.4 is 10.1 Å². The number of benzene rings is 1. The van der Waals surface area contributed by atoms with Crippen molar-refractivity contribution in [2.24, 2.45) is 0 Å². The molecule has 1 unspecified atom stereocenters. The molecular formula is C14H14FN3O. The van der Waals surface area contributed by atoms with E-state index >= 15 is 0 Å². The Morgan fingerprint density at radius 1 is 1.26 bits per heavy atom. The quantitative estimate of drug-likeness (QED) is 0.900. The molecule has 5 heteroatoms. The third-order valence-corrected chi connectivity index (χ3v) is 3.11. The minimum atomic E-state index is -0.282. The van der Waals surface area contributed by atoms with Crippen molar-refractivity contribution in [2.45, 2.75) is 18.9 Å². The number of ether oxygens (including phenoxy) is 1. The Balaban J connectivity index is 1.90. The SMILES string of the molecule is Fc1ccc2c(c1)OCCCC2Nc1ncccn1. The number of nitrogens with zero attached hydrogens (tertiary/aromatic N) is 2. The van der Waals surface area contributed by atoms with Gasteiger partial charge in [0.15, 0.2) is 0 Å². The normalized spacial score (nSPS) is 18.1. The molecule has 0 saturated carbocycles. The summed E-state index contributed by atoms with van der Waals surface area (Å²) in [6, 6.07) is 6.46. The lowest BCUT2D eigenvalue weighted by Gasteiger charge is -2.18. The number of rotatable bonds is 2. The monoisotopic (exact) mass is 259 g/mol. The Morgan fingerprint density at radius 2 is 2.11 bits per heavy atom. The molecule has 98 valence electrons. The van der Waals surface area contributed by atoms with Crippen molar-refractivity contribution in [2.75, 3.05) is 11.9 Å². The molecule has 19 heavy (non-hydrogen) atoms. The molecule has 4 nitrogen and oxygen atoms in total. The molecule has 3 rings (SSSR count). The molecule has 1 N–H and O–H groups in total. The highest BCUT2D eigenvalue weighted by Gasteiger charge is 2.20. The fourth-order valence-corrected chi connectivity index (χ4v) is 2.23. The van der Waals surface area contributed by atoms with E-state index in [1.165, 1.54) is 12.1 Å². The van der Waals surface area contributed by atoms with Gasteiger partial charge in [0.25, 0.3) is 0 Å². The first-order chi connectivity index (χ1) is 9.33. The standard InChI is InChI=1S/C14H14FN3O/c15-10-4-5-11-12(3-1-8-19-13(11)9-10)18-14-16-6-2-7-17-14/h2,4-7,9,12H,1,3,8H2,(H,16,17,18). The first-order valence-electron chi connectivity index (χ1n) is 6.29. The van der Waals surface area contributed by atoms with Crippen LogP contribution in [0.15, 0.2) is 36.7 Å². The highest BCUT2D eigenvalue weighted by Crippen LogP contribution is 2.33. The average molecular weight is 259 g/mol. The van der Waals surface area contributed by atoms with Gasteiger partial charge < -0.3 is 10.1 Å². The number of nitrogens with one attached hydrogen (secondary N) is 1. The van der Waals surface area contributed by atoms with Gasteiger partial charge >= 0.3 is 0 Å². The number of fused-ring (bicyclic) bond motifs is 1. The third kappa shape index (κ3) is 2.65. The summed E-state index contributed by atoms with van der Waals surface area (Å²) in [6.07, 6.45) is 5.18. The molecule has 0 fully saturated rings. The number of anilines is 1. The van der Waals surface area contributed by atoms with Crippen molar-refractivity contribution in [1.82, 2.24) is 9.97 Å². The zero-order chi connectivity index (χ0) is 13.1. The van der Waals surface area contributed by atoms with Gasteiger partial charge in [0.2, 0.25) is 5.95 Å². The van der Waals surface area contributed by atoms with Gasteiger partial charge in [0.1, 0.15) is 11.6 Å². The third-order valence-electron chi connectivity index (χ3n) is 3.11. The summed E-state index contributed by atoms with van der Waals surface area (Å²) in [5, 5.41) is 3.27. The van der Waals surface area contributed by atoms with Crippen LogP contribution in [0.5, 0.6) is 5.75 Å². The lowest BCUT2D eigenvalue weighted by atomic mass is 10.0. The van der Waals surface area contributed by atoms with Gasteiger partial charge in [-0.15, -0.1) is 0 Å². The van der Waals surface area contributed by atoms with Crippen LogP contribution in [0, 0.1) is 5.82 Å². The molecule has 0 bridgehead atoms. The van der Waals surface area contributed by atoms with E-state index in [2.05, 4.69) is 15.3 Å². The van der Waals surface area contributed by atoms with Crippen LogP contribution in [0.2, 0.25) is 0 Å². The second-order valence-corrected chi connectivity index (χ2v) is 4.44. The summed E-state index contributed by atoms with van der Waals surface area (Å²) >= 11 is 0. The summed E-state index contributed by atoms with van der Waals surface area (Å²) < 4.78 is 18.8. The van der Waals surface area contributed by atoms with E-state index in [0.29, 0.717) is 18.3 Å². The maximum Gasteiger partial charge on any atom is 0.223 e. The van der Waals surface area contributed by atoms with Crippen molar-refractivity contribution < 1.29 is 9.13 Å². The second-order valence-electron chi connectivity index (χ2n) is 4.44. The molecule has 1 atom stereocenters. The van der Waals surface area contributed by atoms with Crippen molar-refractivity contribution >= 4 is 5.95 Å². The Morgan fingerprint density at radius 3 is 2.95 bits per heavy atom. The number of hydrogen-bond acceptors (Lipinski definition) is 4. The fraction of sp³-hybridized carbons (Fsp3) is 0.286. The van der Waals surface area contributed by atoms with Crippen LogP contribution in [-0.2, 0) is 0 Å². The van der Waals surface area contributed by atoms with E-state index in [0.717, 1.165) is 18.4 Å². The van der Waals surface area contributed by atoms with E-state index in [4.69, 9.17) is 4.74 Å². The summed E-state index contributed by atoms with van der Waals surface area (Å²) in [5.74, 6) is 0.894. The molecule has 1 aromatic carbocycles. The van der Waals surface area contributed by atoms with E-state index in [1.807, 2.05) is 0 Å². The van der Waals surface area contributed by atoms with Crippen molar-refractivity contribution in [3.05, 3.63) is 48.0 Å². The summed E-state index contributed by atoms with van der Waals surface area (Å²) in [4.78, 5) is 8.31. The molecule has 1 aliphatic heterocycles. The topological polar surface area (TPSA) is 47.0 Å². The molecule has 0 radical (unpaired) electrons. The van der Waals surface area contributed by atoms with E-state index in [1.54, 1.807) is 24.5 Å². The average Bonchev–Trinajstić information content (AvgIpc) is 2.62. The highest BCUT2D eigenvalue weighted by atomic mass is 19.1. The molecule has 2 aromatic rings. The molecule has 0 aliphatic carbocycles. The van der Waals surface area contributed by atoms with Crippen LogP contribution in [0.1, 0.15) is 24.4 Å². The zero-order valence-electron chi connectivity index (χ0n) is 10.3. The van der Waals surface area contributed by atoms with Gasteiger partial charge in [-0.1, -0.05) is 6.07 Å². The van der Waals surface area contributed by atoms with Crippen molar-refractivity contribution in [3.8, 4) is 5.75 Å². The maximum atomic E-state index is 13.3. The Labute approximate surface area is 110 Å². The largest absolute Gasteiger partial charge is 0.493 e. The van der Waals surface area contributed by atoms with Crippen LogP contribution in [0.3, 0.4) is 0 Å². The Hall–Kier alpha value is -2.17. The number of aromatic nitrogens is 2. The Bertz CT molecular complexity index is 562. The summed E-state index contributed by atoms with van der Waals surface area (Å²) in [5.41, 5.74) is 0.950. The summed E-state index contributed by atoms with van der Waals surface area (Å²) in [6.45, 7) is 0.601. The van der Waals surface area contributed by atoms with Crippen LogP contribution in [0.25, 0.3) is 0 Å². The first kappa shape index (κ1) is 11.9. The predicted octanol–water partition coefficient (Wildman–Crippen LogP) is 2.94. The van der Waals surface area contributed by atoms with Gasteiger partial charge in [-0.25, -0.2) is 14.4 Å². The molecule has 1 aliphatic rings. The molecule has 0 spiro atoms. The van der Waals surface area contributed by atoms with Gasteiger partial charge in [-0.3, -0.25) is 0 Å². The molecule has 0 amide bonds. The number of halogens is 1. The van der Waals surface area contributed by atoms with E-state index in [-0.39, 0.29) is 11.9 Å². The van der Waals surface area contributed by atoms with Gasteiger partial charge in [-0.2, -0.15) is 0 Å². The summed E-state index contributed by atoms with van der Waals surface area (Å²) in [7, 11) is 0. The highest BCUT2D eigenvalue weighted by molar-refractivity contribution is 5.41. The fourth-order valence-electron chi connectivity index (χ4n) is 2.23. The minimum Gasteiger partial charge on any atom is -0.493 e. The minimum absolute atomic E-state index is 0.0421. The van der Waals surface area contributed by atoms with Gasteiger partial charge in [0, 0.05) is 24.0 Å². The van der Waals surface area contributed by atoms with Crippen molar-refractivity contribution in [1.29, 1.82) is 0 Å². The Kier molecular flexibility index (Phi) is 3.27. The predicted molar refractivity (Wildman–Crippen MR) is 69.5 cm³/mol. The second kappa shape index (κ2) is 5.22.